The van der Waals surface area contributed by atoms with Crippen molar-refractivity contribution < 1.29 is 18.7 Å². The zero-order chi connectivity index (χ0) is 13.4. The van der Waals surface area contributed by atoms with Gasteiger partial charge >= 0.3 is 0 Å². The van der Waals surface area contributed by atoms with Gasteiger partial charge in [0, 0.05) is 6.61 Å². The van der Waals surface area contributed by atoms with Gasteiger partial charge in [0.15, 0.2) is 0 Å². The number of amides is 2. The van der Waals surface area contributed by atoms with Crippen LogP contribution in [0.2, 0.25) is 0 Å². The predicted molar refractivity (Wildman–Crippen MR) is 66.4 cm³/mol. The fourth-order valence-electron chi connectivity index (χ4n) is 2.44. The molecule has 2 heterocycles. The zero-order valence-electron chi connectivity index (χ0n) is 10.2. The van der Waals surface area contributed by atoms with Crippen LogP contribution in [0, 0.1) is 5.82 Å². The number of halogens is 1. The molecule has 3 rings (SSSR count). The minimum absolute atomic E-state index is 0.127. The SMILES string of the molecule is O=C1CN(C(=O)C2CCCO2)c2c(F)cccc2N1. The van der Waals surface area contributed by atoms with Gasteiger partial charge in [0.1, 0.15) is 24.2 Å². The highest BCUT2D eigenvalue weighted by molar-refractivity contribution is 6.11. The Labute approximate surface area is 109 Å². The number of anilines is 2. The standard InChI is InChI=1S/C13H13FN2O3/c14-8-3-1-4-9-12(8)16(7-11(17)15-9)13(18)10-5-2-6-19-10/h1,3-4,10H,2,5-7H2,(H,15,17). The van der Waals surface area contributed by atoms with Crippen LogP contribution in [0.25, 0.3) is 0 Å². The van der Waals surface area contributed by atoms with Crippen LogP contribution in [0.1, 0.15) is 12.8 Å². The molecule has 1 fully saturated rings. The van der Waals surface area contributed by atoms with Crippen LogP contribution in [0.15, 0.2) is 18.2 Å². The first-order chi connectivity index (χ1) is 9.16. The topological polar surface area (TPSA) is 58.6 Å². The predicted octanol–water partition coefficient (Wildman–Crippen LogP) is 1.29. The van der Waals surface area contributed by atoms with Crippen molar-refractivity contribution >= 4 is 23.2 Å². The van der Waals surface area contributed by atoms with Gasteiger partial charge in [-0.25, -0.2) is 4.39 Å². The fourth-order valence-corrected chi connectivity index (χ4v) is 2.44. The van der Waals surface area contributed by atoms with Crippen molar-refractivity contribution in [2.24, 2.45) is 0 Å². The summed E-state index contributed by atoms with van der Waals surface area (Å²) >= 11 is 0. The maximum atomic E-state index is 13.9. The monoisotopic (exact) mass is 264 g/mol. The van der Waals surface area contributed by atoms with Crippen molar-refractivity contribution in [3.05, 3.63) is 24.0 Å². The number of rotatable bonds is 1. The summed E-state index contributed by atoms with van der Waals surface area (Å²) in [7, 11) is 0. The van der Waals surface area contributed by atoms with Gasteiger partial charge < -0.3 is 10.1 Å². The number of nitrogens with zero attached hydrogens (tertiary/aromatic N) is 1. The molecule has 19 heavy (non-hydrogen) atoms. The van der Waals surface area contributed by atoms with Gasteiger partial charge in [-0.1, -0.05) is 6.07 Å². The van der Waals surface area contributed by atoms with Gasteiger partial charge in [0.2, 0.25) is 5.91 Å². The van der Waals surface area contributed by atoms with Crippen molar-refractivity contribution in [3.8, 4) is 0 Å². The number of para-hydroxylation sites is 1. The lowest BCUT2D eigenvalue weighted by atomic mass is 10.1. The molecule has 1 unspecified atom stereocenters. The molecule has 1 N–H and O–H groups in total. The normalized spacial score (nSPS) is 22.1. The van der Waals surface area contributed by atoms with E-state index in [1.807, 2.05) is 0 Å². The largest absolute Gasteiger partial charge is 0.368 e. The maximum Gasteiger partial charge on any atom is 0.256 e. The quantitative estimate of drug-likeness (QED) is 0.831. The number of ether oxygens (including phenoxy) is 1. The van der Waals surface area contributed by atoms with E-state index in [-0.39, 0.29) is 24.0 Å². The molecule has 0 bridgehead atoms. The molecule has 100 valence electrons. The molecule has 6 heteroatoms. The summed E-state index contributed by atoms with van der Waals surface area (Å²) in [5, 5.41) is 2.56. The Hall–Kier alpha value is -1.95. The minimum Gasteiger partial charge on any atom is -0.368 e. The Kier molecular flexibility index (Phi) is 2.94. The highest BCUT2D eigenvalue weighted by Crippen LogP contribution is 2.33. The molecule has 0 aliphatic carbocycles. The van der Waals surface area contributed by atoms with E-state index in [2.05, 4.69) is 5.32 Å². The lowest BCUT2D eigenvalue weighted by Crippen LogP contribution is -2.47. The highest BCUT2D eigenvalue weighted by Gasteiger charge is 2.35. The van der Waals surface area contributed by atoms with Crippen molar-refractivity contribution in [2.45, 2.75) is 18.9 Å². The molecule has 0 radical (unpaired) electrons. The summed E-state index contributed by atoms with van der Waals surface area (Å²) in [6.45, 7) is 0.354. The Morgan fingerprint density at radius 1 is 1.47 bits per heavy atom. The van der Waals surface area contributed by atoms with Crippen LogP contribution in [0.3, 0.4) is 0 Å². The maximum absolute atomic E-state index is 13.9. The molecule has 2 aliphatic rings. The second-order valence-electron chi connectivity index (χ2n) is 4.61. The van der Waals surface area contributed by atoms with Crippen molar-refractivity contribution in [1.82, 2.24) is 0 Å². The minimum atomic E-state index is -0.571. The molecule has 2 aliphatic heterocycles. The lowest BCUT2D eigenvalue weighted by molar-refractivity contribution is -0.129. The Morgan fingerprint density at radius 3 is 3.05 bits per heavy atom. The van der Waals surface area contributed by atoms with Crippen molar-refractivity contribution in [2.75, 3.05) is 23.4 Å². The summed E-state index contributed by atoms with van der Waals surface area (Å²) in [6, 6.07) is 4.34. The molecule has 2 amide bonds. The second kappa shape index (κ2) is 4.62. The number of carbonyl (C=O) groups excluding carboxylic acids is 2. The van der Waals surface area contributed by atoms with Crippen LogP contribution in [-0.4, -0.2) is 31.1 Å². The van der Waals surface area contributed by atoms with Gasteiger partial charge in [-0.3, -0.25) is 14.5 Å². The zero-order valence-corrected chi connectivity index (χ0v) is 10.2. The van der Waals surface area contributed by atoms with Gasteiger partial charge in [-0.15, -0.1) is 0 Å². The number of carbonyl (C=O) groups is 2. The van der Waals surface area contributed by atoms with E-state index in [0.717, 1.165) is 6.42 Å². The first-order valence-electron chi connectivity index (χ1n) is 6.18. The number of benzene rings is 1. The van der Waals surface area contributed by atoms with E-state index >= 15 is 0 Å². The van der Waals surface area contributed by atoms with Gasteiger partial charge in [0.25, 0.3) is 5.91 Å². The number of hydrogen-bond acceptors (Lipinski definition) is 3. The number of fused-ring (bicyclic) bond motifs is 1. The third-order valence-corrected chi connectivity index (χ3v) is 3.30. The fraction of sp³-hybridized carbons (Fsp3) is 0.385. The van der Waals surface area contributed by atoms with Crippen LogP contribution >= 0.6 is 0 Å². The summed E-state index contributed by atoms with van der Waals surface area (Å²) < 4.78 is 19.2. The van der Waals surface area contributed by atoms with E-state index in [4.69, 9.17) is 4.74 Å². The Morgan fingerprint density at radius 2 is 2.32 bits per heavy atom. The molecule has 1 aromatic rings. The Bertz CT molecular complexity index is 541. The number of hydrogen-bond donors (Lipinski definition) is 1. The van der Waals surface area contributed by atoms with E-state index in [1.54, 1.807) is 6.07 Å². The van der Waals surface area contributed by atoms with E-state index < -0.39 is 11.9 Å². The van der Waals surface area contributed by atoms with Gasteiger partial charge in [-0.05, 0) is 25.0 Å². The van der Waals surface area contributed by atoms with E-state index in [0.29, 0.717) is 18.7 Å². The lowest BCUT2D eigenvalue weighted by Gasteiger charge is -2.30. The Balaban J connectivity index is 1.98. The van der Waals surface area contributed by atoms with Crippen LogP contribution in [-0.2, 0) is 14.3 Å². The highest BCUT2D eigenvalue weighted by atomic mass is 19.1. The van der Waals surface area contributed by atoms with Crippen molar-refractivity contribution in [3.63, 3.8) is 0 Å². The molecule has 0 saturated carbocycles. The first-order valence-corrected chi connectivity index (χ1v) is 6.18. The number of nitrogens with one attached hydrogen (secondary N) is 1. The smallest absolute Gasteiger partial charge is 0.256 e. The molecule has 1 saturated heterocycles. The van der Waals surface area contributed by atoms with E-state index in [1.165, 1.54) is 17.0 Å². The average molecular weight is 264 g/mol. The average Bonchev–Trinajstić information content (AvgIpc) is 2.90. The molecule has 0 spiro atoms. The summed E-state index contributed by atoms with van der Waals surface area (Å²) in [6.07, 6.45) is 0.847. The van der Waals surface area contributed by atoms with Gasteiger partial charge in [0.05, 0.1) is 5.69 Å². The molecule has 1 atom stereocenters. The van der Waals surface area contributed by atoms with Crippen LogP contribution in [0.5, 0.6) is 0 Å². The summed E-state index contributed by atoms with van der Waals surface area (Å²) in [5.41, 5.74) is 0.449. The molecule has 0 aromatic heterocycles. The van der Waals surface area contributed by atoms with Crippen molar-refractivity contribution in [1.29, 1.82) is 0 Å². The first kappa shape index (κ1) is 12.1. The molecular weight excluding hydrogens is 251 g/mol. The van der Waals surface area contributed by atoms with Crippen LogP contribution in [0.4, 0.5) is 15.8 Å². The molecular formula is C13H13FN2O3. The molecule has 1 aromatic carbocycles. The molecule has 5 nitrogen and oxygen atoms in total. The summed E-state index contributed by atoms with van der Waals surface area (Å²) in [5.74, 6) is -1.20. The van der Waals surface area contributed by atoms with Gasteiger partial charge in [-0.2, -0.15) is 0 Å². The van der Waals surface area contributed by atoms with E-state index in [9.17, 15) is 14.0 Å². The van der Waals surface area contributed by atoms with Crippen LogP contribution < -0.4 is 10.2 Å². The third-order valence-electron chi connectivity index (χ3n) is 3.30. The second-order valence-corrected chi connectivity index (χ2v) is 4.61. The summed E-state index contributed by atoms with van der Waals surface area (Å²) in [4.78, 5) is 25.1. The third kappa shape index (κ3) is 2.08.